The number of hydrogen-bond acceptors (Lipinski definition) is 5. The standard InChI is InChI=1S/C31H24ClN5O3S/c1-41(39,40)36-26(22-16-18-24(32)19-17-22)29-33-27-30(37(29)25-10-6-3-7-11-25)34-28(35-31(27)38)23-14-12-21(13-15-23)20-8-4-2-5-9-20/h2-19,26,36H,1H3,(H,34,35,38). The highest BCUT2D eigenvalue weighted by molar-refractivity contribution is 7.88. The summed E-state index contributed by atoms with van der Waals surface area (Å²) in [5, 5.41) is 0.504. The molecular formula is C31H24ClN5O3S. The minimum atomic E-state index is -3.70. The van der Waals surface area contributed by atoms with Crippen molar-refractivity contribution in [2.45, 2.75) is 6.04 Å². The van der Waals surface area contributed by atoms with E-state index < -0.39 is 21.6 Å². The first-order valence-electron chi connectivity index (χ1n) is 12.7. The van der Waals surface area contributed by atoms with E-state index >= 15 is 0 Å². The van der Waals surface area contributed by atoms with E-state index in [2.05, 4.69) is 14.7 Å². The lowest BCUT2D eigenvalue weighted by Crippen LogP contribution is -2.30. The Morgan fingerprint density at radius 1 is 0.780 bits per heavy atom. The number of para-hydroxylation sites is 1. The van der Waals surface area contributed by atoms with Crippen LogP contribution in [0.1, 0.15) is 17.4 Å². The zero-order valence-corrected chi connectivity index (χ0v) is 23.4. The second kappa shape index (κ2) is 10.8. The maximum atomic E-state index is 13.4. The van der Waals surface area contributed by atoms with Crippen molar-refractivity contribution in [3.8, 4) is 28.2 Å². The van der Waals surface area contributed by atoms with E-state index in [0.29, 0.717) is 27.7 Å². The second-order valence-corrected chi connectivity index (χ2v) is 11.8. The van der Waals surface area contributed by atoms with Crippen molar-refractivity contribution in [1.29, 1.82) is 0 Å². The van der Waals surface area contributed by atoms with Gasteiger partial charge in [-0.3, -0.25) is 9.36 Å². The van der Waals surface area contributed by atoms with Gasteiger partial charge in [0.2, 0.25) is 10.0 Å². The third-order valence-electron chi connectivity index (χ3n) is 6.62. The van der Waals surface area contributed by atoms with Gasteiger partial charge >= 0.3 is 0 Å². The van der Waals surface area contributed by atoms with Crippen LogP contribution in [-0.4, -0.2) is 34.2 Å². The molecular weight excluding hydrogens is 558 g/mol. The lowest BCUT2D eigenvalue weighted by Gasteiger charge is -2.19. The van der Waals surface area contributed by atoms with E-state index in [9.17, 15) is 13.2 Å². The number of imidazole rings is 1. The molecule has 41 heavy (non-hydrogen) atoms. The van der Waals surface area contributed by atoms with Crippen LogP contribution in [0.3, 0.4) is 0 Å². The van der Waals surface area contributed by atoms with E-state index in [0.717, 1.165) is 22.9 Å². The van der Waals surface area contributed by atoms with Crippen molar-refractivity contribution in [2.24, 2.45) is 0 Å². The van der Waals surface area contributed by atoms with Gasteiger partial charge < -0.3 is 4.98 Å². The summed E-state index contributed by atoms with van der Waals surface area (Å²) in [7, 11) is -3.70. The molecule has 1 unspecified atom stereocenters. The van der Waals surface area contributed by atoms with Crippen LogP contribution < -0.4 is 10.3 Å². The van der Waals surface area contributed by atoms with E-state index in [4.69, 9.17) is 16.6 Å². The normalized spacial score (nSPS) is 12.4. The fraction of sp³-hybridized carbons (Fsp3) is 0.0645. The number of hydrogen-bond donors (Lipinski definition) is 2. The molecule has 2 N–H and O–H groups in total. The fourth-order valence-corrected chi connectivity index (χ4v) is 5.53. The Morgan fingerprint density at radius 3 is 2.00 bits per heavy atom. The maximum absolute atomic E-state index is 13.4. The molecule has 1 atom stereocenters. The lowest BCUT2D eigenvalue weighted by atomic mass is 10.0. The van der Waals surface area contributed by atoms with Crippen LogP contribution in [0.2, 0.25) is 5.02 Å². The van der Waals surface area contributed by atoms with Crippen molar-refractivity contribution < 1.29 is 8.42 Å². The molecule has 0 aliphatic carbocycles. The third kappa shape index (κ3) is 5.55. The molecule has 0 fully saturated rings. The van der Waals surface area contributed by atoms with E-state index in [1.807, 2.05) is 84.9 Å². The molecule has 0 spiro atoms. The van der Waals surface area contributed by atoms with Crippen molar-refractivity contribution >= 4 is 32.8 Å². The average molecular weight is 582 g/mol. The highest BCUT2D eigenvalue weighted by Crippen LogP contribution is 2.30. The van der Waals surface area contributed by atoms with Gasteiger partial charge in [0.1, 0.15) is 17.7 Å². The number of nitrogens with zero attached hydrogens (tertiary/aromatic N) is 3. The summed E-state index contributed by atoms with van der Waals surface area (Å²) in [4.78, 5) is 25.8. The largest absolute Gasteiger partial charge is 0.305 e. The number of benzene rings is 4. The van der Waals surface area contributed by atoms with Gasteiger partial charge in [-0.15, -0.1) is 0 Å². The Hall–Kier alpha value is -4.57. The van der Waals surface area contributed by atoms with Crippen LogP contribution in [0.25, 0.3) is 39.4 Å². The molecule has 0 aliphatic heterocycles. The molecule has 204 valence electrons. The maximum Gasteiger partial charge on any atom is 0.279 e. The molecule has 0 radical (unpaired) electrons. The predicted molar refractivity (Wildman–Crippen MR) is 162 cm³/mol. The van der Waals surface area contributed by atoms with Gasteiger partial charge in [0.05, 0.1) is 6.26 Å². The van der Waals surface area contributed by atoms with E-state index in [-0.39, 0.29) is 11.3 Å². The van der Waals surface area contributed by atoms with Gasteiger partial charge in [-0.05, 0) is 41.0 Å². The molecule has 0 bridgehead atoms. The number of nitrogens with one attached hydrogen (secondary N) is 2. The molecule has 0 aliphatic rings. The summed E-state index contributed by atoms with van der Waals surface area (Å²) in [6.45, 7) is 0. The summed E-state index contributed by atoms with van der Waals surface area (Å²) in [6.07, 6.45) is 1.08. The fourth-order valence-electron chi connectivity index (χ4n) is 4.74. The van der Waals surface area contributed by atoms with Gasteiger partial charge in [0.25, 0.3) is 5.56 Å². The number of aromatic nitrogens is 4. The highest BCUT2D eigenvalue weighted by atomic mass is 35.5. The van der Waals surface area contributed by atoms with Crippen molar-refractivity contribution in [3.05, 3.63) is 136 Å². The summed E-state index contributed by atoms with van der Waals surface area (Å²) in [5.41, 5.74) is 4.04. The van der Waals surface area contributed by atoms with Crippen LogP contribution in [0.15, 0.2) is 114 Å². The van der Waals surface area contributed by atoms with Crippen LogP contribution in [0, 0.1) is 0 Å². The Kier molecular flexibility index (Phi) is 7.00. The first kappa shape index (κ1) is 26.6. The molecule has 6 aromatic rings. The number of aromatic amines is 1. The third-order valence-corrected chi connectivity index (χ3v) is 7.53. The van der Waals surface area contributed by atoms with Crippen LogP contribution in [-0.2, 0) is 10.0 Å². The minimum absolute atomic E-state index is 0.0859. The van der Waals surface area contributed by atoms with Gasteiger partial charge in [-0.2, -0.15) is 0 Å². The van der Waals surface area contributed by atoms with E-state index in [1.54, 1.807) is 28.8 Å². The SMILES string of the molecule is CS(=O)(=O)NC(c1ccc(Cl)cc1)c1nc2c(=O)[nH]c(-c3ccc(-c4ccccc4)cc3)nc2n1-c1ccccc1. The van der Waals surface area contributed by atoms with Crippen LogP contribution >= 0.6 is 11.6 Å². The second-order valence-electron chi connectivity index (χ2n) is 9.55. The van der Waals surface area contributed by atoms with Crippen molar-refractivity contribution in [3.63, 3.8) is 0 Å². The molecule has 6 rings (SSSR count). The number of fused-ring (bicyclic) bond motifs is 1. The summed E-state index contributed by atoms with van der Waals surface area (Å²) in [6, 6.07) is 32.9. The molecule has 4 aromatic carbocycles. The molecule has 0 saturated heterocycles. The Balaban J connectivity index is 1.56. The van der Waals surface area contributed by atoms with Gasteiger partial charge in [-0.25, -0.2) is 23.1 Å². The first-order valence-corrected chi connectivity index (χ1v) is 15.0. The molecule has 2 heterocycles. The van der Waals surface area contributed by atoms with Crippen molar-refractivity contribution in [1.82, 2.24) is 24.2 Å². The zero-order valence-electron chi connectivity index (χ0n) is 21.8. The molecule has 2 aromatic heterocycles. The van der Waals surface area contributed by atoms with Gasteiger partial charge in [0, 0.05) is 16.3 Å². The number of sulfonamides is 1. The summed E-state index contributed by atoms with van der Waals surface area (Å²) >= 11 is 6.11. The topological polar surface area (TPSA) is 110 Å². The van der Waals surface area contributed by atoms with Crippen LogP contribution in [0.4, 0.5) is 0 Å². The number of H-pyrrole nitrogens is 1. The smallest absolute Gasteiger partial charge is 0.279 e. The molecule has 0 saturated carbocycles. The number of halogens is 1. The molecule has 10 heteroatoms. The summed E-state index contributed by atoms with van der Waals surface area (Å²) in [5.74, 6) is 0.651. The Morgan fingerprint density at radius 2 is 1.37 bits per heavy atom. The first-order chi connectivity index (χ1) is 19.8. The Bertz CT molecular complexity index is 2010. The van der Waals surface area contributed by atoms with Crippen LogP contribution in [0.5, 0.6) is 0 Å². The minimum Gasteiger partial charge on any atom is -0.305 e. The van der Waals surface area contributed by atoms with Gasteiger partial charge in [-0.1, -0.05) is 96.5 Å². The monoisotopic (exact) mass is 581 g/mol. The quantitative estimate of drug-likeness (QED) is 0.250. The average Bonchev–Trinajstić information content (AvgIpc) is 3.37. The van der Waals surface area contributed by atoms with Crippen molar-refractivity contribution in [2.75, 3.05) is 6.26 Å². The number of rotatable bonds is 7. The zero-order chi connectivity index (χ0) is 28.6. The predicted octanol–water partition coefficient (Wildman–Crippen LogP) is 5.73. The molecule has 8 nitrogen and oxygen atoms in total. The highest BCUT2D eigenvalue weighted by Gasteiger charge is 2.28. The lowest BCUT2D eigenvalue weighted by molar-refractivity contribution is 0.572. The molecule has 0 amide bonds. The summed E-state index contributed by atoms with van der Waals surface area (Å²) < 4.78 is 29.4. The van der Waals surface area contributed by atoms with Gasteiger partial charge in [0.15, 0.2) is 11.2 Å². The Labute approximate surface area is 241 Å². The van der Waals surface area contributed by atoms with E-state index in [1.165, 1.54) is 0 Å².